The zero-order chi connectivity index (χ0) is 21.1. The minimum absolute atomic E-state index is 0.0699. The maximum absolute atomic E-state index is 12.9. The van der Waals surface area contributed by atoms with Crippen LogP contribution in [-0.2, 0) is 4.79 Å². The van der Waals surface area contributed by atoms with Crippen molar-refractivity contribution < 1.29 is 19.1 Å². The summed E-state index contributed by atoms with van der Waals surface area (Å²) < 4.78 is 5.48. The molecule has 0 atom stereocenters. The highest BCUT2D eigenvalue weighted by atomic mass is 16.5. The fraction of sp³-hybridized carbons (Fsp3) is 0.364. The van der Waals surface area contributed by atoms with Crippen LogP contribution in [0.1, 0.15) is 30.1 Å². The topological polar surface area (TPSA) is 83.1 Å². The number of aromatic nitrogens is 1. The molecule has 0 radical (unpaired) electrons. The lowest BCUT2D eigenvalue weighted by Crippen LogP contribution is -2.48. The number of piperidine rings is 1. The monoisotopic (exact) mass is 408 g/mol. The minimum Gasteiger partial charge on any atom is -0.477 e. The highest BCUT2D eigenvalue weighted by Gasteiger charge is 2.41. The molecule has 3 heterocycles. The van der Waals surface area contributed by atoms with Gasteiger partial charge in [0.2, 0.25) is 5.88 Å². The Morgan fingerprint density at radius 2 is 1.83 bits per heavy atom. The van der Waals surface area contributed by atoms with Gasteiger partial charge in [-0.1, -0.05) is 18.2 Å². The van der Waals surface area contributed by atoms with Crippen molar-refractivity contribution in [2.45, 2.75) is 25.8 Å². The molecular formula is C22H24N4O4. The lowest BCUT2D eigenvalue weighted by Gasteiger charge is -2.36. The first-order chi connectivity index (χ1) is 14.6. The summed E-state index contributed by atoms with van der Waals surface area (Å²) >= 11 is 0. The second-order valence-electron chi connectivity index (χ2n) is 7.29. The number of hydrogen-bond acceptors (Lipinski definition) is 5. The average Bonchev–Trinajstić information content (AvgIpc) is 3.08. The summed E-state index contributed by atoms with van der Waals surface area (Å²) in [7, 11) is 0. The maximum Gasteiger partial charge on any atom is 0.332 e. The van der Waals surface area contributed by atoms with Crippen molar-refractivity contribution in [1.29, 1.82) is 0 Å². The zero-order valence-electron chi connectivity index (χ0n) is 16.9. The van der Waals surface area contributed by atoms with Gasteiger partial charge in [-0.2, -0.15) is 0 Å². The molecule has 2 aliphatic heterocycles. The predicted molar refractivity (Wildman–Crippen MR) is 110 cm³/mol. The molecule has 0 aliphatic carbocycles. The molecule has 0 bridgehead atoms. The Morgan fingerprint density at radius 1 is 1.10 bits per heavy atom. The van der Waals surface area contributed by atoms with Crippen molar-refractivity contribution >= 4 is 23.5 Å². The van der Waals surface area contributed by atoms with Crippen LogP contribution < -0.4 is 9.64 Å². The van der Waals surface area contributed by atoms with Gasteiger partial charge in [-0.15, -0.1) is 0 Å². The molecule has 156 valence electrons. The number of urea groups is 1. The minimum atomic E-state index is -0.290. The Bertz CT molecular complexity index is 941. The average molecular weight is 408 g/mol. The fourth-order valence-electron chi connectivity index (χ4n) is 3.99. The highest BCUT2D eigenvalue weighted by Crippen LogP contribution is 2.27. The van der Waals surface area contributed by atoms with E-state index in [1.807, 2.05) is 13.0 Å². The molecule has 0 N–H and O–H groups in total. The van der Waals surface area contributed by atoms with E-state index < -0.39 is 0 Å². The molecule has 1 aromatic heterocycles. The third-order valence-corrected chi connectivity index (χ3v) is 5.48. The van der Waals surface area contributed by atoms with Crippen LogP contribution in [0.2, 0.25) is 0 Å². The SMILES string of the molecule is CCOc1ncccc1C(=O)N1CCC(N2CC(=O)N(c3ccccc3)C2=O)CC1. The molecule has 4 rings (SSSR count). The van der Waals surface area contributed by atoms with E-state index in [2.05, 4.69) is 4.98 Å². The number of rotatable bonds is 5. The Balaban J connectivity index is 1.41. The molecule has 0 unspecified atom stereocenters. The van der Waals surface area contributed by atoms with Gasteiger partial charge in [-0.25, -0.2) is 14.7 Å². The number of carbonyl (C=O) groups is 3. The van der Waals surface area contributed by atoms with Gasteiger partial charge in [-0.05, 0) is 44.0 Å². The van der Waals surface area contributed by atoms with Gasteiger partial charge in [-0.3, -0.25) is 9.59 Å². The summed E-state index contributed by atoms with van der Waals surface area (Å²) in [5.41, 5.74) is 1.03. The Labute approximate surface area is 175 Å². The highest BCUT2D eigenvalue weighted by molar-refractivity contribution is 6.19. The van der Waals surface area contributed by atoms with Gasteiger partial charge < -0.3 is 14.5 Å². The van der Waals surface area contributed by atoms with Crippen LogP contribution in [0.15, 0.2) is 48.7 Å². The number of pyridine rings is 1. The Morgan fingerprint density at radius 3 is 2.53 bits per heavy atom. The summed E-state index contributed by atoms with van der Waals surface area (Å²) in [4.78, 5) is 47.1. The van der Waals surface area contributed by atoms with Crippen LogP contribution in [0.5, 0.6) is 5.88 Å². The molecule has 2 fully saturated rings. The summed E-state index contributed by atoms with van der Waals surface area (Å²) in [6.07, 6.45) is 2.84. The molecule has 2 aliphatic rings. The van der Waals surface area contributed by atoms with Gasteiger partial charge >= 0.3 is 6.03 Å². The van der Waals surface area contributed by atoms with Gasteiger partial charge in [0, 0.05) is 25.3 Å². The van der Waals surface area contributed by atoms with Crippen LogP contribution in [-0.4, -0.2) is 64.9 Å². The Hall–Kier alpha value is -3.42. The number of ether oxygens (including phenoxy) is 1. The van der Waals surface area contributed by atoms with E-state index in [4.69, 9.17) is 4.74 Å². The maximum atomic E-state index is 12.9. The largest absolute Gasteiger partial charge is 0.477 e. The number of imide groups is 1. The second kappa shape index (κ2) is 8.52. The van der Waals surface area contributed by atoms with Crippen LogP contribution in [0, 0.1) is 0 Å². The number of para-hydroxylation sites is 1. The summed E-state index contributed by atoms with van der Waals surface area (Å²) in [6.45, 7) is 3.37. The van der Waals surface area contributed by atoms with Crippen LogP contribution in [0.25, 0.3) is 0 Å². The van der Waals surface area contributed by atoms with E-state index in [1.54, 1.807) is 52.4 Å². The number of amides is 4. The first-order valence-corrected chi connectivity index (χ1v) is 10.2. The molecule has 2 aromatic rings. The summed E-state index contributed by atoms with van der Waals surface area (Å²) in [5, 5.41) is 0. The number of anilines is 1. The van der Waals surface area contributed by atoms with E-state index in [1.165, 1.54) is 4.90 Å². The molecule has 0 spiro atoms. The molecule has 8 nitrogen and oxygen atoms in total. The lowest BCUT2D eigenvalue weighted by atomic mass is 10.0. The molecule has 2 saturated heterocycles. The van der Waals surface area contributed by atoms with E-state index in [-0.39, 0.29) is 30.4 Å². The third-order valence-electron chi connectivity index (χ3n) is 5.48. The number of nitrogens with zero attached hydrogens (tertiary/aromatic N) is 4. The van der Waals surface area contributed by atoms with Crippen molar-refractivity contribution in [1.82, 2.24) is 14.8 Å². The van der Waals surface area contributed by atoms with E-state index >= 15 is 0 Å². The van der Waals surface area contributed by atoms with Gasteiger partial charge in [0.1, 0.15) is 12.1 Å². The first-order valence-electron chi connectivity index (χ1n) is 10.2. The summed E-state index contributed by atoms with van der Waals surface area (Å²) in [6, 6.07) is 12.0. The van der Waals surface area contributed by atoms with E-state index in [9.17, 15) is 14.4 Å². The normalized spacial score (nSPS) is 17.6. The van der Waals surface area contributed by atoms with Crippen LogP contribution in [0.4, 0.5) is 10.5 Å². The summed E-state index contributed by atoms with van der Waals surface area (Å²) in [5.74, 6) is -0.00731. The van der Waals surface area contributed by atoms with Crippen LogP contribution >= 0.6 is 0 Å². The van der Waals surface area contributed by atoms with Gasteiger partial charge in [0.25, 0.3) is 11.8 Å². The van der Waals surface area contributed by atoms with Gasteiger partial charge in [0.15, 0.2) is 0 Å². The quantitative estimate of drug-likeness (QED) is 0.710. The molecule has 4 amide bonds. The van der Waals surface area contributed by atoms with Crippen molar-refractivity contribution in [2.75, 3.05) is 31.1 Å². The number of likely N-dealkylation sites (tertiary alicyclic amines) is 1. The van der Waals surface area contributed by atoms with Crippen molar-refractivity contribution in [3.63, 3.8) is 0 Å². The van der Waals surface area contributed by atoms with Crippen molar-refractivity contribution in [3.8, 4) is 5.88 Å². The second-order valence-corrected chi connectivity index (χ2v) is 7.29. The number of hydrogen-bond donors (Lipinski definition) is 0. The number of carbonyl (C=O) groups excluding carboxylic acids is 3. The van der Waals surface area contributed by atoms with E-state index in [0.717, 1.165) is 0 Å². The lowest BCUT2D eigenvalue weighted by molar-refractivity contribution is -0.116. The van der Waals surface area contributed by atoms with Crippen molar-refractivity contribution in [3.05, 3.63) is 54.2 Å². The van der Waals surface area contributed by atoms with Gasteiger partial charge in [0.05, 0.1) is 12.3 Å². The first kappa shape index (κ1) is 19.9. The molecule has 0 saturated carbocycles. The Kier molecular flexibility index (Phi) is 5.65. The standard InChI is InChI=1S/C22H24N4O4/c1-2-30-20-18(9-6-12-23-20)21(28)24-13-10-16(11-14-24)25-15-19(27)26(22(25)29)17-7-4-3-5-8-17/h3-9,12,16H,2,10-11,13-15H2,1H3. The molecular weight excluding hydrogens is 384 g/mol. The van der Waals surface area contributed by atoms with Crippen LogP contribution in [0.3, 0.4) is 0 Å². The molecule has 8 heteroatoms. The van der Waals surface area contributed by atoms with E-state index in [0.29, 0.717) is 49.7 Å². The smallest absolute Gasteiger partial charge is 0.332 e. The predicted octanol–water partition coefficient (Wildman–Crippen LogP) is 2.55. The fourth-order valence-corrected chi connectivity index (χ4v) is 3.99. The molecule has 30 heavy (non-hydrogen) atoms. The zero-order valence-corrected chi connectivity index (χ0v) is 16.9. The third kappa shape index (κ3) is 3.72. The number of benzene rings is 1. The molecule has 1 aromatic carbocycles. The van der Waals surface area contributed by atoms with Crippen molar-refractivity contribution in [2.24, 2.45) is 0 Å².